The van der Waals surface area contributed by atoms with Gasteiger partial charge in [-0.15, -0.1) is 0 Å². The van der Waals surface area contributed by atoms with Crippen LogP contribution in [0.15, 0.2) is 18.2 Å². The van der Waals surface area contributed by atoms with Gasteiger partial charge in [-0.2, -0.15) is 0 Å². The summed E-state index contributed by atoms with van der Waals surface area (Å²) in [6.45, 7) is 0.651. The molecule has 0 spiro atoms. The maximum atomic E-state index is 9.38. The van der Waals surface area contributed by atoms with Gasteiger partial charge in [-0.1, -0.05) is 23.7 Å². The van der Waals surface area contributed by atoms with Gasteiger partial charge in [0.1, 0.15) is 0 Å². The number of halogens is 1. The minimum Gasteiger partial charge on any atom is -0.395 e. The molecule has 94 valence electrons. The first kappa shape index (κ1) is 12.7. The molecule has 0 saturated heterocycles. The summed E-state index contributed by atoms with van der Waals surface area (Å²) in [5.41, 5.74) is 1.72. The average molecular weight is 256 g/mol. The molecule has 1 fully saturated rings. The zero-order valence-corrected chi connectivity index (χ0v) is 10.5. The highest BCUT2D eigenvalue weighted by Crippen LogP contribution is 2.36. The van der Waals surface area contributed by atoms with Crippen molar-refractivity contribution in [1.29, 1.82) is 0 Å². The quantitative estimate of drug-likeness (QED) is 0.848. The van der Waals surface area contributed by atoms with Crippen LogP contribution >= 0.6 is 11.6 Å². The van der Waals surface area contributed by atoms with Gasteiger partial charge in [-0.25, -0.2) is 0 Å². The van der Waals surface area contributed by atoms with Gasteiger partial charge in [0.2, 0.25) is 0 Å². The number of nitrogens with zero attached hydrogens (tertiary/aromatic N) is 1. The predicted octanol–water partition coefficient (Wildman–Crippen LogP) is 2.18. The van der Waals surface area contributed by atoms with Crippen molar-refractivity contribution in [3.05, 3.63) is 28.8 Å². The molecule has 1 aliphatic rings. The molecular formula is C13H18ClNO2. The van der Waals surface area contributed by atoms with E-state index in [1.165, 1.54) is 6.42 Å². The van der Waals surface area contributed by atoms with Crippen molar-refractivity contribution in [2.75, 3.05) is 18.1 Å². The lowest BCUT2D eigenvalue weighted by Gasteiger charge is -2.40. The summed E-state index contributed by atoms with van der Waals surface area (Å²) >= 11 is 6.23. The third-order valence-corrected chi connectivity index (χ3v) is 3.69. The number of aliphatic hydroxyl groups is 2. The van der Waals surface area contributed by atoms with Crippen LogP contribution in [0.25, 0.3) is 0 Å². The maximum absolute atomic E-state index is 9.38. The van der Waals surface area contributed by atoms with Gasteiger partial charge in [-0.05, 0) is 25.3 Å². The molecule has 3 nitrogen and oxygen atoms in total. The molecule has 2 N–H and O–H groups in total. The molecule has 1 saturated carbocycles. The number of benzene rings is 1. The Balaban J connectivity index is 2.33. The van der Waals surface area contributed by atoms with Crippen molar-refractivity contribution in [3.8, 4) is 0 Å². The highest BCUT2D eigenvalue weighted by molar-refractivity contribution is 6.33. The van der Waals surface area contributed by atoms with E-state index in [1.807, 2.05) is 18.2 Å². The first-order valence-corrected chi connectivity index (χ1v) is 6.41. The largest absolute Gasteiger partial charge is 0.395 e. The van der Waals surface area contributed by atoms with Gasteiger partial charge in [-0.3, -0.25) is 0 Å². The van der Waals surface area contributed by atoms with Crippen molar-refractivity contribution in [2.45, 2.75) is 31.9 Å². The fourth-order valence-electron chi connectivity index (χ4n) is 2.29. The third kappa shape index (κ3) is 2.57. The van der Waals surface area contributed by atoms with E-state index in [0.717, 1.165) is 24.1 Å². The molecule has 0 aliphatic heterocycles. The molecule has 0 heterocycles. The number of rotatable bonds is 5. The lowest BCUT2D eigenvalue weighted by atomic mass is 9.90. The van der Waals surface area contributed by atoms with Crippen LogP contribution in [-0.4, -0.2) is 29.4 Å². The predicted molar refractivity (Wildman–Crippen MR) is 69.4 cm³/mol. The van der Waals surface area contributed by atoms with Crippen LogP contribution in [-0.2, 0) is 6.61 Å². The molecular weight excluding hydrogens is 238 g/mol. The first-order chi connectivity index (χ1) is 8.27. The normalized spacial score (nSPS) is 15.7. The van der Waals surface area contributed by atoms with Gasteiger partial charge in [0.25, 0.3) is 0 Å². The van der Waals surface area contributed by atoms with Crippen molar-refractivity contribution in [2.24, 2.45) is 0 Å². The topological polar surface area (TPSA) is 43.7 Å². The van der Waals surface area contributed by atoms with Crippen LogP contribution in [0, 0.1) is 0 Å². The van der Waals surface area contributed by atoms with E-state index >= 15 is 0 Å². The Morgan fingerprint density at radius 1 is 1.29 bits per heavy atom. The standard InChI is InChI=1S/C13H18ClNO2/c14-12-6-1-3-10(9-17)13(12)15(7-8-16)11-4-2-5-11/h1,3,6,11,16-17H,2,4-5,7-9H2. The Bertz CT molecular complexity index is 380. The summed E-state index contributed by atoms with van der Waals surface area (Å²) in [7, 11) is 0. The summed E-state index contributed by atoms with van der Waals surface area (Å²) < 4.78 is 0. The second kappa shape index (κ2) is 5.71. The second-order valence-electron chi connectivity index (χ2n) is 4.41. The molecule has 0 aromatic heterocycles. The summed E-state index contributed by atoms with van der Waals surface area (Å²) in [6.07, 6.45) is 3.50. The second-order valence-corrected chi connectivity index (χ2v) is 4.81. The zero-order valence-electron chi connectivity index (χ0n) is 9.77. The highest BCUT2D eigenvalue weighted by Gasteiger charge is 2.27. The van der Waals surface area contributed by atoms with E-state index in [4.69, 9.17) is 11.6 Å². The Morgan fingerprint density at radius 2 is 2.06 bits per heavy atom. The smallest absolute Gasteiger partial charge is 0.0702 e. The van der Waals surface area contributed by atoms with Gasteiger partial charge in [0.05, 0.1) is 23.9 Å². The third-order valence-electron chi connectivity index (χ3n) is 3.38. The van der Waals surface area contributed by atoms with Crippen LogP contribution in [0.5, 0.6) is 0 Å². The molecule has 1 aromatic rings. The van der Waals surface area contributed by atoms with Gasteiger partial charge >= 0.3 is 0 Å². The zero-order chi connectivity index (χ0) is 12.3. The summed E-state index contributed by atoms with van der Waals surface area (Å²) in [5, 5.41) is 19.2. The molecule has 0 unspecified atom stereocenters. The molecule has 1 aliphatic carbocycles. The Morgan fingerprint density at radius 3 is 2.59 bits per heavy atom. The maximum Gasteiger partial charge on any atom is 0.0702 e. The Kier molecular flexibility index (Phi) is 4.26. The van der Waals surface area contributed by atoms with E-state index in [-0.39, 0.29) is 13.2 Å². The lowest BCUT2D eigenvalue weighted by Crippen LogP contribution is -2.42. The van der Waals surface area contributed by atoms with Crippen molar-refractivity contribution >= 4 is 17.3 Å². The monoisotopic (exact) mass is 255 g/mol. The van der Waals surface area contributed by atoms with Crippen LogP contribution < -0.4 is 4.90 Å². The lowest BCUT2D eigenvalue weighted by molar-refractivity contribution is 0.274. The highest BCUT2D eigenvalue weighted by atomic mass is 35.5. The molecule has 2 rings (SSSR count). The van der Waals surface area contributed by atoms with Crippen LogP contribution in [0.2, 0.25) is 5.02 Å². The SMILES string of the molecule is OCCN(c1c(Cl)cccc1CO)C1CCC1. The first-order valence-electron chi connectivity index (χ1n) is 6.03. The Hall–Kier alpha value is -0.770. The van der Waals surface area contributed by atoms with E-state index in [9.17, 15) is 10.2 Å². The van der Waals surface area contributed by atoms with E-state index in [1.54, 1.807) is 0 Å². The minimum absolute atomic E-state index is 0.0233. The van der Waals surface area contributed by atoms with E-state index in [0.29, 0.717) is 17.6 Å². The molecule has 1 aromatic carbocycles. The van der Waals surface area contributed by atoms with Crippen molar-refractivity contribution in [3.63, 3.8) is 0 Å². The van der Waals surface area contributed by atoms with Crippen LogP contribution in [0.3, 0.4) is 0 Å². The summed E-state index contributed by atoms with van der Waals surface area (Å²) in [4.78, 5) is 2.14. The van der Waals surface area contributed by atoms with Gasteiger partial charge in [0.15, 0.2) is 0 Å². The Labute approximate surface area is 107 Å². The van der Waals surface area contributed by atoms with Crippen molar-refractivity contribution in [1.82, 2.24) is 0 Å². The summed E-state index contributed by atoms with van der Waals surface area (Å²) in [5.74, 6) is 0. The molecule has 0 atom stereocenters. The van der Waals surface area contributed by atoms with E-state index < -0.39 is 0 Å². The number of hydrogen-bond acceptors (Lipinski definition) is 3. The van der Waals surface area contributed by atoms with E-state index in [2.05, 4.69) is 4.90 Å². The number of hydrogen-bond donors (Lipinski definition) is 2. The fourth-order valence-corrected chi connectivity index (χ4v) is 2.59. The fraction of sp³-hybridized carbons (Fsp3) is 0.538. The molecule has 0 radical (unpaired) electrons. The minimum atomic E-state index is -0.0233. The van der Waals surface area contributed by atoms with Gasteiger partial charge < -0.3 is 15.1 Å². The summed E-state index contributed by atoms with van der Waals surface area (Å²) in [6, 6.07) is 6.01. The average Bonchev–Trinajstić information content (AvgIpc) is 2.26. The van der Waals surface area contributed by atoms with Crippen LogP contribution in [0.1, 0.15) is 24.8 Å². The molecule has 0 amide bonds. The number of anilines is 1. The molecule has 4 heteroatoms. The van der Waals surface area contributed by atoms with Gasteiger partial charge in [0, 0.05) is 18.2 Å². The number of aliphatic hydroxyl groups excluding tert-OH is 2. The van der Waals surface area contributed by atoms with Crippen LogP contribution in [0.4, 0.5) is 5.69 Å². The number of para-hydroxylation sites is 1. The molecule has 0 bridgehead atoms. The van der Waals surface area contributed by atoms with Crippen molar-refractivity contribution < 1.29 is 10.2 Å². The molecule has 17 heavy (non-hydrogen) atoms.